The van der Waals surface area contributed by atoms with Crippen molar-refractivity contribution in [1.29, 1.82) is 0 Å². The van der Waals surface area contributed by atoms with Crippen LogP contribution in [0.5, 0.6) is 5.75 Å². The third-order valence-electron chi connectivity index (χ3n) is 9.37. The molecule has 0 radical (unpaired) electrons. The minimum absolute atomic E-state index is 0.0103. The van der Waals surface area contributed by atoms with Gasteiger partial charge in [-0.3, -0.25) is 19.4 Å². The van der Waals surface area contributed by atoms with Crippen molar-refractivity contribution >= 4 is 38.2 Å². The summed E-state index contributed by atoms with van der Waals surface area (Å²) in [5.74, 6) is 0.0245. The van der Waals surface area contributed by atoms with Crippen molar-refractivity contribution in [3.63, 3.8) is 0 Å². The molecular weight excluding hydrogens is 590 g/mol. The molecule has 3 aromatic rings. The van der Waals surface area contributed by atoms with E-state index in [9.17, 15) is 18.0 Å². The number of para-hydroxylation sites is 1. The summed E-state index contributed by atoms with van der Waals surface area (Å²) >= 11 is 0. The molecule has 0 bridgehead atoms. The lowest BCUT2D eigenvalue weighted by Crippen LogP contribution is -2.52. The van der Waals surface area contributed by atoms with Gasteiger partial charge in [0.15, 0.2) is 15.6 Å². The minimum atomic E-state index is -3.66. The molecule has 45 heavy (non-hydrogen) atoms. The molecule has 1 aromatic heterocycles. The molecule has 1 N–H and O–H groups in total. The number of likely N-dealkylation sites (tertiary alicyclic amines) is 1. The number of carbonyl (C=O) groups excluding carboxylic acids is 2. The summed E-state index contributed by atoms with van der Waals surface area (Å²) in [5, 5.41) is 3.92. The zero-order chi connectivity index (χ0) is 32.8. The summed E-state index contributed by atoms with van der Waals surface area (Å²) in [6.45, 7) is 12.5. The fraction of sp³-hybridized carbons (Fsp3) is 0.529. The molecule has 0 spiro atoms. The highest BCUT2D eigenvalue weighted by molar-refractivity contribution is 7.90. The van der Waals surface area contributed by atoms with Crippen LogP contribution in [0, 0.1) is 6.92 Å². The van der Waals surface area contributed by atoms with Crippen molar-refractivity contribution in [2.24, 2.45) is 7.05 Å². The van der Waals surface area contributed by atoms with Crippen LogP contribution in [0.1, 0.15) is 60.8 Å². The number of sulfone groups is 1. The fourth-order valence-electron chi connectivity index (χ4n) is 7.09. The second kappa shape index (κ2) is 12.4. The maximum atomic E-state index is 13.8. The van der Waals surface area contributed by atoms with Gasteiger partial charge >= 0.3 is 0 Å². The van der Waals surface area contributed by atoms with Gasteiger partial charge in [0.1, 0.15) is 10.6 Å². The van der Waals surface area contributed by atoms with E-state index in [1.165, 1.54) is 7.11 Å². The Kier molecular flexibility index (Phi) is 9.09. The molecule has 2 aliphatic rings. The molecule has 0 unspecified atom stereocenters. The van der Waals surface area contributed by atoms with Gasteiger partial charge in [0, 0.05) is 51.4 Å². The topological polar surface area (TPSA) is 104 Å². The van der Waals surface area contributed by atoms with E-state index in [1.807, 2.05) is 68.6 Å². The van der Waals surface area contributed by atoms with Gasteiger partial charge in [-0.2, -0.15) is 0 Å². The van der Waals surface area contributed by atoms with Crippen molar-refractivity contribution in [1.82, 2.24) is 19.3 Å². The first-order valence-electron chi connectivity index (χ1n) is 15.6. The quantitative estimate of drug-likeness (QED) is 0.415. The SMILES string of the molecule is COc1c(NC(=O)c2cc3cccc(CN4CCN(C(=O)[C@@H]5CCCN5C)CC4)c3n2C)cc(C(C)(C)C)c(C)c1S(C)(=O)=O. The van der Waals surface area contributed by atoms with Crippen LogP contribution in [0.25, 0.3) is 10.9 Å². The second-order valence-electron chi connectivity index (χ2n) is 13.6. The molecule has 5 rings (SSSR count). The van der Waals surface area contributed by atoms with E-state index in [-0.39, 0.29) is 33.9 Å². The van der Waals surface area contributed by atoms with E-state index < -0.39 is 9.84 Å². The zero-order valence-corrected chi connectivity index (χ0v) is 28.7. The number of aromatic nitrogens is 1. The average molecular weight is 638 g/mol. The van der Waals surface area contributed by atoms with Crippen LogP contribution in [-0.2, 0) is 33.6 Å². The number of amides is 2. The van der Waals surface area contributed by atoms with Crippen molar-refractivity contribution in [2.75, 3.05) is 58.5 Å². The van der Waals surface area contributed by atoms with Crippen LogP contribution in [-0.4, -0.2) is 98.7 Å². The van der Waals surface area contributed by atoms with Gasteiger partial charge in [0.2, 0.25) is 5.91 Å². The van der Waals surface area contributed by atoms with E-state index in [2.05, 4.69) is 21.2 Å². The number of ether oxygens (including phenoxy) is 1. The molecule has 0 aliphatic carbocycles. The Morgan fingerprint density at radius 3 is 2.31 bits per heavy atom. The zero-order valence-electron chi connectivity index (χ0n) is 27.9. The maximum absolute atomic E-state index is 13.8. The van der Waals surface area contributed by atoms with E-state index in [4.69, 9.17) is 4.74 Å². The lowest BCUT2D eigenvalue weighted by molar-refractivity contribution is -0.137. The third-order valence-corrected chi connectivity index (χ3v) is 10.6. The van der Waals surface area contributed by atoms with Gasteiger partial charge in [-0.05, 0) is 67.6 Å². The highest BCUT2D eigenvalue weighted by Gasteiger charge is 2.33. The first-order valence-corrected chi connectivity index (χ1v) is 17.5. The predicted molar refractivity (Wildman–Crippen MR) is 178 cm³/mol. The lowest BCUT2D eigenvalue weighted by atomic mass is 9.83. The summed E-state index contributed by atoms with van der Waals surface area (Å²) in [4.78, 5) is 33.5. The maximum Gasteiger partial charge on any atom is 0.272 e. The molecular formula is C34H47N5O5S. The van der Waals surface area contributed by atoms with Gasteiger partial charge < -0.3 is 19.5 Å². The smallest absolute Gasteiger partial charge is 0.272 e. The summed E-state index contributed by atoms with van der Waals surface area (Å²) in [5.41, 5.74) is 3.91. The second-order valence-corrected chi connectivity index (χ2v) is 15.6. The standard InChI is InChI=1S/C34H47N5O5S/c1-22-25(34(2,3)4)20-26(30(44-7)31(22)45(8,42)43)35-32(40)28-19-23-11-9-12-24(29(23)37(28)6)21-38-15-17-39(18-16-38)33(41)27-13-10-14-36(27)5/h9,11-12,19-20,27H,10,13-18,21H2,1-8H3,(H,35,40)/t27-/m0/s1. The van der Waals surface area contributed by atoms with E-state index in [0.717, 1.165) is 60.8 Å². The van der Waals surface area contributed by atoms with Crippen LogP contribution in [0.4, 0.5) is 5.69 Å². The Labute approximate surface area is 267 Å². The number of piperazine rings is 1. The van der Waals surface area contributed by atoms with Crippen LogP contribution < -0.4 is 10.1 Å². The molecule has 10 nitrogen and oxygen atoms in total. The van der Waals surface area contributed by atoms with Crippen LogP contribution in [0.3, 0.4) is 0 Å². The molecule has 2 amide bonds. The lowest BCUT2D eigenvalue weighted by Gasteiger charge is -2.37. The van der Waals surface area contributed by atoms with Crippen molar-refractivity contribution in [2.45, 2.75) is 63.4 Å². The number of nitrogens with zero attached hydrogens (tertiary/aromatic N) is 4. The van der Waals surface area contributed by atoms with Crippen LogP contribution in [0.2, 0.25) is 0 Å². The number of benzene rings is 2. The van der Waals surface area contributed by atoms with E-state index in [0.29, 0.717) is 36.6 Å². The molecule has 2 saturated heterocycles. The van der Waals surface area contributed by atoms with Crippen molar-refractivity contribution < 1.29 is 22.7 Å². The van der Waals surface area contributed by atoms with Gasteiger partial charge in [-0.1, -0.05) is 39.0 Å². The van der Waals surface area contributed by atoms with E-state index >= 15 is 0 Å². The largest absolute Gasteiger partial charge is 0.493 e. The average Bonchev–Trinajstić information content (AvgIpc) is 3.55. The number of aryl methyl sites for hydroxylation is 1. The minimum Gasteiger partial charge on any atom is -0.493 e. The van der Waals surface area contributed by atoms with Crippen molar-refractivity contribution in [3.8, 4) is 5.75 Å². The fourth-order valence-corrected chi connectivity index (χ4v) is 8.28. The molecule has 3 heterocycles. The van der Waals surface area contributed by atoms with Gasteiger partial charge in [-0.25, -0.2) is 8.42 Å². The predicted octanol–water partition coefficient (Wildman–Crippen LogP) is 4.19. The number of methoxy groups -OCH3 is 1. The number of fused-ring (bicyclic) bond motifs is 1. The normalized spacial score (nSPS) is 18.5. The third kappa shape index (κ3) is 6.48. The Morgan fingerprint density at radius 1 is 1.04 bits per heavy atom. The first kappa shape index (κ1) is 33.0. The van der Waals surface area contributed by atoms with Crippen LogP contribution in [0.15, 0.2) is 35.2 Å². The molecule has 2 aliphatic heterocycles. The monoisotopic (exact) mass is 637 g/mol. The number of carbonyl (C=O) groups is 2. The van der Waals surface area contributed by atoms with Gasteiger partial charge in [0.25, 0.3) is 5.91 Å². The summed E-state index contributed by atoms with van der Waals surface area (Å²) < 4.78 is 33.3. The summed E-state index contributed by atoms with van der Waals surface area (Å²) in [6, 6.07) is 9.79. The van der Waals surface area contributed by atoms with E-state index in [1.54, 1.807) is 6.92 Å². The molecule has 244 valence electrons. The molecule has 1 atom stereocenters. The van der Waals surface area contributed by atoms with Crippen LogP contribution >= 0.6 is 0 Å². The Balaban J connectivity index is 1.39. The van der Waals surface area contributed by atoms with Crippen molar-refractivity contribution in [3.05, 3.63) is 52.7 Å². The molecule has 2 fully saturated rings. The molecule has 11 heteroatoms. The Bertz CT molecular complexity index is 1730. The number of nitrogens with one attached hydrogen (secondary N) is 1. The number of likely N-dealkylation sites (N-methyl/N-ethyl adjacent to an activating group) is 1. The number of hydrogen-bond acceptors (Lipinski definition) is 7. The Morgan fingerprint density at radius 2 is 1.73 bits per heavy atom. The van der Waals surface area contributed by atoms with Gasteiger partial charge in [0.05, 0.1) is 24.4 Å². The highest BCUT2D eigenvalue weighted by atomic mass is 32.2. The Hall–Kier alpha value is -3.41. The summed E-state index contributed by atoms with van der Waals surface area (Å²) in [7, 11) is 1.68. The number of hydrogen-bond donors (Lipinski definition) is 1. The van der Waals surface area contributed by atoms with Gasteiger partial charge in [-0.15, -0.1) is 0 Å². The number of anilines is 1. The molecule has 2 aromatic carbocycles. The summed E-state index contributed by atoms with van der Waals surface area (Å²) in [6.07, 6.45) is 3.17. The highest BCUT2D eigenvalue weighted by Crippen LogP contribution is 2.41. The first-order chi connectivity index (χ1) is 21.1. The molecule has 0 saturated carbocycles. The number of rotatable bonds is 7.